The third-order valence-electron chi connectivity index (χ3n) is 6.77. The number of carbonyl (C=O) groups is 1. The van der Waals surface area contributed by atoms with Crippen molar-refractivity contribution in [2.24, 2.45) is 5.92 Å². The number of rotatable bonds is 3. The molecule has 2 bridgehead atoms. The van der Waals surface area contributed by atoms with Crippen molar-refractivity contribution in [3.05, 3.63) is 57.3 Å². The molecule has 1 aromatic carbocycles. The van der Waals surface area contributed by atoms with Crippen LogP contribution in [0, 0.1) is 12.8 Å². The molecule has 3 aromatic rings. The van der Waals surface area contributed by atoms with Crippen LogP contribution in [0.2, 0.25) is 5.02 Å². The number of carbonyl (C=O) groups excluding carboxylic acids is 1. The van der Waals surface area contributed by atoms with Crippen LogP contribution in [0.25, 0.3) is 10.2 Å². The Morgan fingerprint density at radius 3 is 2.93 bits per heavy atom. The molecule has 3 aliphatic rings. The molecular weight excluding hydrogens is 416 g/mol. The first kappa shape index (κ1) is 18.7. The van der Waals surface area contributed by atoms with Crippen molar-refractivity contribution in [3.63, 3.8) is 0 Å². The summed E-state index contributed by atoms with van der Waals surface area (Å²) in [6, 6.07) is 8.43. The summed E-state index contributed by atoms with van der Waals surface area (Å²) < 4.78 is 0. The van der Waals surface area contributed by atoms with Gasteiger partial charge < -0.3 is 10.2 Å². The number of nitrogens with one attached hydrogen (secondary N) is 1. The molecule has 2 saturated heterocycles. The molecular formula is C23H23ClN4OS. The van der Waals surface area contributed by atoms with E-state index in [0.29, 0.717) is 34.4 Å². The zero-order valence-corrected chi connectivity index (χ0v) is 18.3. The molecule has 1 N–H and O–H groups in total. The smallest absolute Gasteiger partial charge is 0.253 e. The van der Waals surface area contributed by atoms with E-state index in [1.165, 1.54) is 6.42 Å². The number of thiophene rings is 1. The lowest BCUT2D eigenvalue weighted by Crippen LogP contribution is -2.44. The van der Waals surface area contributed by atoms with E-state index in [2.05, 4.69) is 27.8 Å². The molecule has 5 nitrogen and oxygen atoms in total. The largest absolute Gasteiger partial charge is 0.337 e. The van der Waals surface area contributed by atoms with Crippen molar-refractivity contribution in [3.8, 4) is 0 Å². The van der Waals surface area contributed by atoms with Crippen LogP contribution in [-0.2, 0) is 0 Å². The van der Waals surface area contributed by atoms with Crippen LogP contribution in [0.15, 0.2) is 29.6 Å². The number of aromatic nitrogens is 2. The maximum absolute atomic E-state index is 13.0. The molecule has 6 rings (SSSR count). The average molecular weight is 439 g/mol. The van der Waals surface area contributed by atoms with Crippen molar-refractivity contribution < 1.29 is 4.79 Å². The van der Waals surface area contributed by atoms with Gasteiger partial charge in [-0.1, -0.05) is 17.7 Å². The Kier molecular flexibility index (Phi) is 4.37. The number of aryl methyl sites for hydroxylation is 1. The average Bonchev–Trinajstić information content (AvgIpc) is 3.25. The Labute approximate surface area is 184 Å². The third kappa shape index (κ3) is 3.13. The molecule has 0 radical (unpaired) electrons. The van der Waals surface area contributed by atoms with E-state index in [4.69, 9.17) is 16.6 Å². The zero-order chi connectivity index (χ0) is 20.4. The predicted octanol–water partition coefficient (Wildman–Crippen LogP) is 4.36. The molecule has 1 aliphatic carbocycles. The van der Waals surface area contributed by atoms with E-state index in [9.17, 15) is 4.79 Å². The Balaban J connectivity index is 1.23. The summed E-state index contributed by atoms with van der Waals surface area (Å²) in [6.45, 7) is 4.62. The van der Waals surface area contributed by atoms with Crippen molar-refractivity contribution in [2.75, 3.05) is 19.6 Å². The second kappa shape index (κ2) is 7.01. The number of fused-ring (bicyclic) bond motifs is 3. The van der Waals surface area contributed by atoms with Crippen LogP contribution in [0.3, 0.4) is 0 Å². The molecule has 4 heterocycles. The highest BCUT2D eigenvalue weighted by molar-refractivity contribution is 7.16. The van der Waals surface area contributed by atoms with Gasteiger partial charge in [-0.15, -0.1) is 11.3 Å². The van der Waals surface area contributed by atoms with Gasteiger partial charge in [0.2, 0.25) is 0 Å². The number of hydrogen-bond acceptors (Lipinski definition) is 5. The first-order chi connectivity index (χ1) is 14.6. The lowest BCUT2D eigenvalue weighted by Gasteiger charge is -2.31. The number of likely N-dealkylation sites (tertiary alicyclic amines) is 1. The van der Waals surface area contributed by atoms with Crippen LogP contribution in [0.4, 0.5) is 0 Å². The number of nitrogens with zero attached hydrogens (tertiary/aromatic N) is 3. The number of amides is 1. The second-order valence-electron chi connectivity index (χ2n) is 8.90. The molecule has 4 atom stereocenters. The molecule has 154 valence electrons. The van der Waals surface area contributed by atoms with Gasteiger partial charge in [-0.05, 0) is 60.7 Å². The Morgan fingerprint density at radius 1 is 1.20 bits per heavy atom. The van der Waals surface area contributed by atoms with Gasteiger partial charge in [0.05, 0.1) is 5.69 Å². The minimum atomic E-state index is 0.0978. The van der Waals surface area contributed by atoms with Gasteiger partial charge >= 0.3 is 0 Å². The van der Waals surface area contributed by atoms with E-state index >= 15 is 0 Å². The van der Waals surface area contributed by atoms with E-state index in [-0.39, 0.29) is 5.91 Å². The minimum Gasteiger partial charge on any atom is -0.337 e. The van der Waals surface area contributed by atoms with E-state index in [1.54, 1.807) is 11.3 Å². The highest BCUT2D eigenvalue weighted by atomic mass is 35.5. The van der Waals surface area contributed by atoms with E-state index in [0.717, 1.165) is 53.4 Å². The van der Waals surface area contributed by atoms with Gasteiger partial charge in [0.15, 0.2) is 0 Å². The molecule has 4 unspecified atom stereocenters. The van der Waals surface area contributed by atoms with Crippen molar-refractivity contribution in [1.82, 2.24) is 20.2 Å². The van der Waals surface area contributed by atoms with Crippen molar-refractivity contribution in [2.45, 2.75) is 37.6 Å². The normalized spacial score (nSPS) is 27.6. The molecule has 7 heteroatoms. The molecule has 2 aromatic heterocycles. The van der Waals surface area contributed by atoms with Gasteiger partial charge in [-0.2, -0.15) is 0 Å². The standard InChI is InChI=1S/C23H23ClN4OS/c1-12-26-21(17-4-5-30-22(17)27-12)19-8-18(19)16-3-2-14(7-20(16)24)23(29)28-10-13-6-15(11-28)25-9-13/h2-5,7,13,15,18-19,25H,6,8-11H2,1H3. The van der Waals surface area contributed by atoms with Crippen molar-refractivity contribution >= 4 is 39.1 Å². The lowest BCUT2D eigenvalue weighted by atomic mass is 9.98. The number of piperidine rings is 1. The van der Waals surface area contributed by atoms with Gasteiger partial charge in [0.1, 0.15) is 10.7 Å². The fraction of sp³-hybridized carbons (Fsp3) is 0.435. The summed E-state index contributed by atoms with van der Waals surface area (Å²) in [5.74, 6) is 2.23. The van der Waals surface area contributed by atoms with Crippen LogP contribution in [-0.4, -0.2) is 46.5 Å². The van der Waals surface area contributed by atoms with Gasteiger partial charge in [0, 0.05) is 47.6 Å². The molecule has 3 fully saturated rings. The summed E-state index contributed by atoms with van der Waals surface area (Å²) >= 11 is 8.35. The summed E-state index contributed by atoms with van der Waals surface area (Å²) in [5.41, 5.74) is 2.95. The fourth-order valence-electron chi connectivity index (χ4n) is 5.25. The van der Waals surface area contributed by atoms with E-state index < -0.39 is 0 Å². The van der Waals surface area contributed by atoms with Gasteiger partial charge in [0.25, 0.3) is 5.91 Å². The van der Waals surface area contributed by atoms with Gasteiger partial charge in [-0.25, -0.2) is 9.97 Å². The van der Waals surface area contributed by atoms with Crippen molar-refractivity contribution in [1.29, 1.82) is 0 Å². The number of hydrogen-bond donors (Lipinski definition) is 1. The van der Waals surface area contributed by atoms with Gasteiger partial charge in [-0.3, -0.25) is 4.79 Å². The first-order valence-electron chi connectivity index (χ1n) is 10.6. The first-order valence-corrected chi connectivity index (χ1v) is 11.9. The topological polar surface area (TPSA) is 58.1 Å². The number of halogens is 1. The second-order valence-corrected chi connectivity index (χ2v) is 10.2. The minimum absolute atomic E-state index is 0.0978. The molecule has 1 saturated carbocycles. The maximum Gasteiger partial charge on any atom is 0.253 e. The quantitative estimate of drug-likeness (QED) is 0.660. The molecule has 0 spiro atoms. The van der Waals surface area contributed by atoms with Crippen LogP contribution in [0.5, 0.6) is 0 Å². The summed E-state index contributed by atoms with van der Waals surface area (Å²) in [5, 5.41) is 7.44. The maximum atomic E-state index is 13.0. The summed E-state index contributed by atoms with van der Waals surface area (Å²) in [4.78, 5) is 25.4. The summed E-state index contributed by atoms with van der Waals surface area (Å²) in [6.07, 6.45) is 2.22. The van der Waals surface area contributed by atoms with Crippen LogP contribution >= 0.6 is 22.9 Å². The highest BCUT2D eigenvalue weighted by Crippen LogP contribution is 2.57. The monoisotopic (exact) mass is 438 g/mol. The fourth-order valence-corrected chi connectivity index (χ4v) is 6.39. The Morgan fingerprint density at radius 2 is 2.10 bits per heavy atom. The van der Waals surface area contributed by atoms with E-state index in [1.807, 2.05) is 24.0 Å². The number of benzene rings is 1. The molecule has 2 aliphatic heterocycles. The SMILES string of the molecule is Cc1nc(C2CC2c2ccc(C(=O)N3CC4CNC(C4)C3)cc2Cl)c2ccsc2n1. The third-order valence-corrected chi connectivity index (χ3v) is 7.91. The molecule has 1 amide bonds. The van der Waals surface area contributed by atoms with Crippen LogP contribution in [0.1, 0.15) is 52.1 Å². The molecule has 30 heavy (non-hydrogen) atoms. The zero-order valence-electron chi connectivity index (χ0n) is 16.8. The lowest BCUT2D eigenvalue weighted by molar-refractivity contribution is 0.0691. The summed E-state index contributed by atoms with van der Waals surface area (Å²) in [7, 11) is 0. The van der Waals surface area contributed by atoms with Crippen LogP contribution < -0.4 is 5.32 Å². The highest BCUT2D eigenvalue weighted by Gasteiger charge is 2.43. The Bertz CT molecular complexity index is 1150. The predicted molar refractivity (Wildman–Crippen MR) is 120 cm³/mol. The Hall–Kier alpha value is -2.02.